The van der Waals surface area contributed by atoms with E-state index in [0.29, 0.717) is 56.6 Å². The normalized spacial score (nSPS) is 18.1. The molecule has 0 aliphatic carbocycles. The third-order valence-electron chi connectivity index (χ3n) is 6.44. The number of amides is 1. The number of thioether (sulfide) groups is 1. The Morgan fingerprint density at radius 1 is 1.20 bits per heavy atom. The molecule has 0 saturated carbocycles. The number of ether oxygens (including phenoxy) is 4. The summed E-state index contributed by atoms with van der Waals surface area (Å²) in [6.45, 7) is 2.81. The number of aliphatic imine (C=N–C) groups is 1. The topological polar surface area (TPSA) is 141 Å². The zero-order valence-corrected chi connectivity index (χ0v) is 24.0. The Balaban J connectivity index is 1.36. The van der Waals surface area contributed by atoms with E-state index in [1.54, 1.807) is 24.9 Å². The number of nitrogens with zero attached hydrogens (tertiary/aromatic N) is 2. The molecule has 0 spiro atoms. The summed E-state index contributed by atoms with van der Waals surface area (Å²) >= 11 is 1.58. The summed E-state index contributed by atoms with van der Waals surface area (Å²) in [7, 11) is -1.81. The minimum absolute atomic E-state index is 0.00820. The molecule has 2 aromatic heterocycles. The van der Waals surface area contributed by atoms with E-state index in [1.165, 1.54) is 12.3 Å². The van der Waals surface area contributed by atoms with E-state index in [-0.39, 0.29) is 22.3 Å². The minimum atomic E-state index is -3.41. The number of aromatic nitrogens is 2. The second-order valence-corrected chi connectivity index (χ2v) is 12.9. The summed E-state index contributed by atoms with van der Waals surface area (Å²) in [4.78, 5) is 24.4. The van der Waals surface area contributed by atoms with Crippen molar-refractivity contribution in [3.8, 4) is 17.2 Å². The SMILES string of the molecule is COCCNC(=O)CC1CN=C(c2cc3cc(Oc4ccc(S(C)(=O)=O)nc4)cc(OC4CCOCC4)c3[nH]2)S1. The zero-order valence-electron chi connectivity index (χ0n) is 22.3. The number of methoxy groups -OCH3 is 1. The maximum Gasteiger partial charge on any atom is 0.221 e. The number of carbonyl (C=O) groups excluding carboxylic acids is 1. The summed E-state index contributed by atoms with van der Waals surface area (Å²) < 4.78 is 46.4. The number of hydrogen-bond acceptors (Lipinski definition) is 10. The lowest BCUT2D eigenvalue weighted by Crippen LogP contribution is -2.29. The van der Waals surface area contributed by atoms with Gasteiger partial charge in [0.15, 0.2) is 14.9 Å². The Hall–Kier alpha value is -3.13. The van der Waals surface area contributed by atoms with Gasteiger partial charge in [-0.05, 0) is 24.3 Å². The molecule has 1 amide bonds. The molecule has 1 unspecified atom stereocenters. The molecule has 0 bridgehead atoms. The van der Waals surface area contributed by atoms with Crippen molar-refractivity contribution in [1.82, 2.24) is 15.3 Å². The average Bonchev–Trinajstić information content (AvgIpc) is 3.56. The first kappa shape index (κ1) is 28.4. The van der Waals surface area contributed by atoms with Crippen LogP contribution in [0.4, 0.5) is 0 Å². The highest BCUT2D eigenvalue weighted by Crippen LogP contribution is 2.37. The van der Waals surface area contributed by atoms with Crippen LogP contribution in [0.15, 0.2) is 46.5 Å². The first-order chi connectivity index (χ1) is 19.3. The summed E-state index contributed by atoms with van der Waals surface area (Å²) in [5.41, 5.74) is 1.67. The first-order valence-corrected chi connectivity index (χ1v) is 15.8. The number of H-pyrrole nitrogens is 1. The molecule has 2 aliphatic rings. The number of nitrogens with one attached hydrogen (secondary N) is 2. The van der Waals surface area contributed by atoms with Crippen LogP contribution in [0.1, 0.15) is 25.0 Å². The highest BCUT2D eigenvalue weighted by Gasteiger charge is 2.25. The summed E-state index contributed by atoms with van der Waals surface area (Å²) in [5, 5.41) is 4.61. The predicted octanol–water partition coefficient (Wildman–Crippen LogP) is 3.33. The van der Waals surface area contributed by atoms with Gasteiger partial charge in [0.25, 0.3) is 0 Å². The van der Waals surface area contributed by atoms with Gasteiger partial charge >= 0.3 is 0 Å². The van der Waals surface area contributed by atoms with Crippen molar-refractivity contribution in [2.45, 2.75) is 35.6 Å². The van der Waals surface area contributed by atoms with E-state index in [4.69, 9.17) is 23.9 Å². The van der Waals surface area contributed by atoms with Gasteiger partial charge in [-0.1, -0.05) is 11.8 Å². The predicted molar refractivity (Wildman–Crippen MR) is 152 cm³/mol. The van der Waals surface area contributed by atoms with Crippen LogP contribution in [-0.4, -0.2) is 87.0 Å². The number of carbonyl (C=O) groups is 1. The van der Waals surface area contributed by atoms with Crippen LogP contribution in [0.5, 0.6) is 17.2 Å². The molecule has 1 atom stereocenters. The Kier molecular flexibility index (Phi) is 8.94. The lowest BCUT2D eigenvalue weighted by Gasteiger charge is -2.24. The maximum atomic E-state index is 12.2. The summed E-state index contributed by atoms with van der Waals surface area (Å²) in [6.07, 6.45) is 4.46. The Bertz CT molecular complexity index is 1480. The second kappa shape index (κ2) is 12.6. The van der Waals surface area contributed by atoms with Gasteiger partial charge in [-0.3, -0.25) is 9.79 Å². The van der Waals surface area contributed by atoms with Gasteiger partial charge < -0.3 is 29.2 Å². The van der Waals surface area contributed by atoms with E-state index in [0.717, 1.165) is 40.7 Å². The molecule has 0 radical (unpaired) electrons. The number of fused-ring (bicyclic) bond motifs is 1. The smallest absolute Gasteiger partial charge is 0.221 e. The van der Waals surface area contributed by atoms with Gasteiger partial charge in [-0.15, -0.1) is 0 Å². The van der Waals surface area contributed by atoms with Gasteiger partial charge in [0, 0.05) is 55.9 Å². The van der Waals surface area contributed by atoms with Crippen molar-refractivity contribution < 1.29 is 32.2 Å². The number of rotatable bonds is 11. The van der Waals surface area contributed by atoms with Crippen molar-refractivity contribution in [1.29, 1.82) is 0 Å². The molecule has 1 aromatic carbocycles. The number of pyridine rings is 1. The van der Waals surface area contributed by atoms with Crippen molar-refractivity contribution >= 4 is 43.5 Å². The van der Waals surface area contributed by atoms with E-state index in [9.17, 15) is 13.2 Å². The Morgan fingerprint density at radius 3 is 2.75 bits per heavy atom. The molecule has 1 fully saturated rings. The van der Waals surface area contributed by atoms with Crippen LogP contribution in [0.25, 0.3) is 10.9 Å². The van der Waals surface area contributed by atoms with E-state index in [2.05, 4.69) is 15.3 Å². The van der Waals surface area contributed by atoms with Gasteiger partial charge in [0.05, 0.1) is 43.8 Å². The van der Waals surface area contributed by atoms with Crippen LogP contribution in [0.2, 0.25) is 0 Å². The second-order valence-electron chi connectivity index (χ2n) is 9.64. The lowest BCUT2D eigenvalue weighted by atomic mass is 10.1. The fourth-order valence-corrected chi connectivity index (χ4v) is 6.10. The zero-order chi connectivity index (χ0) is 28.1. The number of hydrogen-bond donors (Lipinski definition) is 2. The lowest BCUT2D eigenvalue weighted by molar-refractivity contribution is -0.121. The van der Waals surface area contributed by atoms with E-state index in [1.807, 2.05) is 18.2 Å². The van der Waals surface area contributed by atoms with E-state index >= 15 is 0 Å². The molecule has 4 heterocycles. The third-order valence-corrected chi connectivity index (χ3v) is 8.66. The van der Waals surface area contributed by atoms with Crippen LogP contribution in [0, 0.1) is 0 Å². The van der Waals surface area contributed by atoms with Crippen LogP contribution in [0.3, 0.4) is 0 Å². The van der Waals surface area contributed by atoms with Crippen molar-refractivity contribution in [2.24, 2.45) is 4.99 Å². The molecule has 5 rings (SSSR count). The average molecular weight is 589 g/mol. The van der Waals surface area contributed by atoms with Gasteiger partial charge in [-0.25, -0.2) is 13.4 Å². The van der Waals surface area contributed by atoms with Gasteiger partial charge in [0.2, 0.25) is 5.91 Å². The first-order valence-electron chi connectivity index (χ1n) is 13.0. The summed E-state index contributed by atoms with van der Waals surface area (Å²) in [5.74, 6) is 1.56. The monoisotopic (exact) mass is 588 g/mol. The minimum Gasteiger partial charge on any atom is -0.488 e. The fraction of sp³-hybridized carbons (Fsp3) is 0.444. The summed E-state index contributed by atoms with van der Waals surface area (Å²) in [6, 6.07) is 8.69. The fourth-order valence-electron chi connectivity index (χ4n) is 4.45. The molecular formula is C27H32N4O7S2. The number of benzene rings is 1. The Morgan fingerprint density at radius 2 is 2.02 bits per heavy atom. The standard InChI is InChI=1S/C27H32N4O7S2/c1-35-10-7-28-24(32)14-21-16-30-27(39-21)22-12-17-11-20(37-19-3-4-25(29-15-19)40(2,33)34)13-23(26(17)31-22)38-18-5-8-36-9-6-18/h3-4,11-13,15,18,21,31H,5-10,14,16H2,1-2H3,(H,28,32). The van der Waals surface area contributed by atoms with Crippen molar-refractivity contribution in [2.75, 3.05) is 46.3 Å². The molecule has 1 saturated heterocycles. The van der Waals surface area contributed by atoms with Crippen LogP contribution < -0.4 is 14.8 Å². The highest BCUT2D eigenvalue weighted by molar-refractivity contribution is 8.15. The third kappa shape index (κ3) is 7.14. The van der Waals surface area contributed by atoms with E-state index < -0.39 is 9.84 Å². The number of aromatic amines is 1. The van der Waals surface area contributed by atoms with Crippen LogP contribution >= 0.6 is 11.8 Å². The molecule has 2 aliphatic heterocycles. The molecule has 214 valence electrons. The molecular weight excluding hydrogens is 556 g/mol. The molecule has 40 heavy (non-hydrogen) atoms. The molecule has 13 heteroatoms. The van der Waals surface area contributed by atoms with Crippen LogP contribution in [-0.2, 0) is 24.1 Å². The molecule has 3 aromatic rings. The quantitative estimate of drug-likeness (QED) is 0.323. The van der Waals surface area contributed by atoms with Gasteiger partial charge in [-0.2, -0.15) is 0 Å². The van der Waals surface area contributed by atoms with Crippen molar-refractivity contribution in [3.63, 3.8) is 0 Å². The molecule has 11 nitrogen and oxygen atoms in total. The Labute approximate surface area is 237 Å². The largest absolute Gasteiger partial charge is 0.488 e. The number of sulfone groups is 1. The van der Waals surface area contributed by atoms with Crippen molar-refractivity contribution in [3.05, 3.63) is 42.2 Å². The maximum absolute atomic E-state index is 12.2. The highest BCUT2D eigenvalue weighted by atomic mass is 32.2. The molecule has 2 N–H and O–H groups in total. The van der Waals surface area contributed by atoms with Gasteiger partial charge in [0.1, 0.15) is 28.4 Å².